The summed E-state index contributed by atoms with van der Waals surface area (Å²) in [4.78, 5) is 27.4. The van der Waals surface area contributed by atoms with Crippen LogP contribution in [0.15, 0.2) is 48.5 Å². The summed E-state index contributed by atoms with van der Waals surface area (Å²) in [6.45, 7) is 1.61. The van der Waals surface area contributed by atoms with Gasteiger partial charge in [-0.3, -0.25) is 9.59 Å². The maximum Gasteiger partial charge on any atom is 0.387 e. The number of nitrogens with zero attached hydrogens (tertiary/aromatic N) is 1. The zero-order valence-electron chi connectivity index (χ0n) is 16.1. The first-order chi connectivity index (χ1) is 13.8. The van der Waals surface area contributed by atoms with Gasteiger partial charge in [-0.2, -0.15) is 8.78 Å². The van der Waals surface area contributed by atoms with Gasteiger partial charge in [0.05, 0.1) is 29.0 Å². The number of anilines is 1. The number of benzene rings is 2. The number of rotatable bonds is 5. The molecule has 6 nitrogen and oxygen atoms in total. The van der Waals surface area contributed by atoms with Crippen molar-refractivity contribution in [3.8, 4) is 5.75 Å². The van der Waals surface area contributed by atoms with Gasteiger partial charge in [-0.15, -0.1) is 0 Å². The van der Waals surface area contributed by atoms with Gasteiger partial charge in [-0.1, -0.05) is 24.3 Å². The molecule has 0 radical (unpaired) electrons. The normalized spacial score (nSPS) is 19.1. The molecule has 1 fully saturated rings. The topological polar surface area (TPSA) is 67.9 Å². The largest absolute Gasteiger partial charge is 0.434 e. The van der Waals surface area contributed by atoms with Crippen molar-refractivity contribution >= 4 is 17.5 Å². The molecule has 0 aromatic heterocycles. The number of hydrogen-bond acceptors (Lipinski definition) is 4. The Labute approximate surface area is 167 Å². The molecule has 154 valence electrons. The van der Waals surface area contributed by atoms with Crippen LogP contribution in [-0.4, -0.2) is 48.6 Å². The Morgan fingerprint density at radius 2 is 1.62 bits per heavy atom. The van der Waals surface area contributed by atoms with Crippen molar-refractivity contribution in [2.75, 3.05) is 18.4 Å². The molecule has 0 spiro atoms. The summed E-state index contributed by atoms with van der Waals surface area (Å²) in [7, 11) is 0. The number of para-hydroxylation sites is 2. The fourth-order valence-corrected chi connectivity index (χ4v) is 3.34. The van der Waals surface area contributed by atoms with Crippen LogP contribution < -0.4 is 10.1 Å². The van der Waals surface area contributed by atoms with Gasteiger partial charge in [0.15, 0.2) is 0 Å². The number of morpholine rings is 1. The Bertz CT molecular complexity index is 880. The Morgan fingerprint density at radius 1 is 1.03 bits per heavy atom. The molecule has 2 aromatic rings. The van der Waals surface area contributed by atoms with E-state index in [9.17, 15) is 18.4 Å². The van der Waals surface area contributed by atoms with Crippen molar-refractivity contribution in [1.82, 2.24) is 4.90 Å². The third kappa shape index (κ3) is 5.08. The minimum atomic E-state index is -3.05. The molecule has 29 heavy (non-hydrogen) atoms. The SMILES string of the molecule is CC1CN(C(=O)c2ccccc2NC(=O)c2ccccc2OC(F)F)CC(C)O1. The van der Waals surface area contributed by atoms with E-state index in [-0.39, 0.29) is 29.4 Å². The number of ether oxygens (including phenoxy) is 2. The minimum Gasteiger partial charge on any atom is -0.434 e. The molecule has 1 heterocycles. The van der Waals surface area contributed by atoms with Crippen molar-refractivity contribution < 1.29 is 27.8 Å². The lowest BCUT2D eigenvalue weighted by Crippen LogP contribution is -2.48. The van der Waals surface area contributed by atoms with Gasteiger partial charge in [-0.25, -0.2) is 0 Å². The zero-order chi connectivity index (χ0) is 21.0. The molecule has 3 rings (SSSR count). The maximum absolute atomic E-state index is 13.0. The lowest BCUT2D eigenvalue weighted by atomic mass is 10.1. The first kappa shape index (κ1) is 20.7. The number of carbonyl (C=O) groups excluding carboxylic acids is 2. The van der Waals surface area contributed by atoms with E-state index >= 15 is 0 Å². The van der Waals surface area contributed by atoms with Gasteiger partial charge in [0, 0.05) is 13.1 Å². The minimum absolute atomic E-state index is 0.0522. The molecule has 0 saturated carbocycles. The lowest BCUT2D eigenvalue weighted by Gasteiger charge is -2.35. The molecule has 0 bridgehead atoms. The first-order valence-corrected chi connectivity index (χ1v) is 9.24. The van der Waals surface area contributed by atoms with Crippen LogP contribution in [0.2, 0.25) is 0 Å². The highest BCUT2D eigenvalue weighted by molar-refractivity contribution is 6.10. The Balaban J connectivity index is 1.83. The van der Waals surface area contributed by atoms with Crippen LogP contribution in [0.5, 0.6) is 5.75 Å². The Hall–Kier alpha value is -3.00. The summed E-state index contributed by atoms with van der Waals surface area (Å²) in [6.07, 6.45) is -0.189. The summed E-state index contributed by atoms with van der Waals surface area (Å²) >= 11 is 0. The first-order valence-electron chi connectivity index (χ1n) is 9.24. The monoisotopic (exact) mass is 404 g/mol. The average Bonchev–Trinajstić information content (AvgIpc) is 2.67. The van der Waals surface area contributed by atoms with Crippen LogP contribution in [0.3, 0.4) is 0 Å². The molecule has 2 atom stereocenters. The second-order valence-corrected chi connectivity index (χ2v) is 6.84. The van der Waals surface area contributed by atoms with E-state index in [1.54, 1.807) is 35.2 Å². The third-order valence-electron chi connectivity index (χ3n) is 4.46. The standard InChI is InChI=1S/C21H22F2N2O4/c1-13-11-25(12-14(2)28-13)20(27)15-7-3-5-9-17(15)24-19(26)16-8-4-6-10-18(16)29-21(22)23/h3-10,13-14,21H,11-12H2,1-2H3,(H,24,26). The van der Waals surface area contributed by atoms with Gasteiger partial charge < -0.3 is 19.7 Å². The number of nitrogens with one attached hydrogen (secondary N) is 1. The van der Waals surface area contributed by atoms with Crippen LogP contribution >= 0.6 is 0 Å². The van der Waals surface area contributed by atoms with E-state index in [2.05, 4.69) is 10.1 Å². The molecule has 1 N–H and O–H groups in total. The van der Waals surface area contributed by atoms with E-state index in [1.165, 1.54) is 18.2 Å². The molecule has 2 aromatic carbocycles. The average molecular weight is 404 g/mol. The molecule has 0 aliphatic carbocycles. The van der Waals surface area contributed by atoms with Gasteiger partial charge in [0.25, 0.3) is 11.8 Å². The van der Waals surface area contributed by atoms with E-state index < -0.39 is 12.5 Å². The van der Waals surface area contributed by atoms with Crippen LogP contribution in [0.4, 0.5) is 14.5 Å². The molecule has 8 heteroatoms. The smallest absolute Gasteiger partial charge is 0.387 e. The second kappa shape index (κ2) is 9.00. The maximum atomic E-state index is 13.0. The highest BCUT2D eigenvalue weighted by Gasteiger charge is 2.28. The molecule has 1 saturated heterocycles. The van der Waals surface area contributed by atoms with Crippen molar-refractivity contribution in [3.63, 3.8) is 0 Å². The molecule has 1 aliphatic rings. The van der Waals surface area contributed by atoms with Gasteiger partial charge >= 0.3 is 6.61 Å². The highest BCUT2D eigenvalue weighted by Crippen LogP contribution is 2.24. The van der Waals surface area contributed by atoms with Crippen molar-refractivity contribution in [2.45, 2.75) is 32.7 Å². The van der Waals surface area contributed by atoms with E-state index in [4.69, 9.17) is 4.74 Å². The summed E-state index contributed by atoms with van der Waals surface area (Å²) in [5.74, 6) is -1.12. The predicted molar refractivity (Wildman–Crippen MR) is 103 cm³/mol. The lowest BCUT2D eigenvalue weighted by molar-refractivity contribution is -0.0586. The molecular formula is C21H22F2N2O4. The van der Waals surface area contributed by atoms with Crippen LogP contribution in [-0.2, 0) is 4.74 Å². The van der Waals surface area contributed by atoms with Gasteiger partial charge in [0.1, 0.15) is 5.75 Å². The van der Waals surface area contributed by atoms with Crippen molar-refractivity contribution in [3.05, 3.63) is 59.7 Å². The molecular weight excluding hydrogens is 382 g/mol. The van der Waals surface area contributed by atoms with E-state index in [0.29, 0.717) is 24.3 Å². The number of alkyl halides is 2. The molecule has 1 aliphatic heterocycles. The quantitative estimate of drug-likeness (QED) is 0.823. The highest BCUT2D eigenvalue weighted by atomic mass is 19.3. The molecule has 2 amide bonds. The van der Waals surface area contributed by atoms with Crippen LogP contribution in [0.1, 0.15) is 34.6 Å². The summed E-state index contributed by atoms with van der Waals surface area (Å²) in [6, 6.07) is 12.3. The van der Waals surface area contributed by atoms with Crippen molar-refractivity contribution in [1.29, 1.82) is 0 Å². The van der Waals surface area contributed by atoms with Crippen LogP contribution in [0, 0.1) is 0 Å². The third-order valence-corrected chi connectivity index (χ3v) is 4.46. The van der Waals surface area contributed by atoms with Crippen molar-refractivity contribution in [2.24, 2.45) is 0 Å². The fourth-order valence-electron chi connectivity index (χ4n) is 3.34. The number of amides is 2. The Kier molecular flexibility index (Phi) is 6.43. The zero-order valence-corrected chi connectivity index (χ0v) is 16.1. The number of carbonyl (C=O) groups is 2. The van der Waals surface area contributed by atoms with Gasteiger partial charge in [-0.05, 0) is 38.1 Å². The predicted octanol–water partition coefficient (Wildman–Crippen LogP) is 3.79. The summed E-state index contributed by atoms with van der Waals surface area (Å²) in [5, 5.41) is 2.64. The summed E-state index contributed by atoms with van der Waals surface area (Å²) < 4.78 is 35.3. The number of halogens is 2. The fraction of sp³-hybridized carbons (Fsp3) is 0.333. The van der Waals surface area contributed by atoms with E-state index in [1.807, 2.05) is 13.8 Å². The van der Waals surface area contributed by atoms with Crippen LogP contribution in [0.25, 0.3) is 0 Å². The summed E-state index contributed by atoms with van der Waals surface area (Å²) in [5.41, 5.74) is 0.555. The van der Waals surface area contributed by atoms with E-state index in [0.717, 1.165) is 0 Å². The molecule has 2 unspecified atom stereocenters. The Morgan fingerprint density at radius 3 is 2.28 bits per heavy atom. The number of hydrogen-bond donors (Lipinski definition) is 1. The second-order valence-electron chi connectivity index (χ2n) is 6.84. The van der Waals surface area contributed by atoms with Gasteiger partial charge in [0.2, 0.25) is 0 Å².